The van der Waals surface area contributed by atoms with Crippen molar-refractivity contribution in [3.8, 4) is 17.4 Å². The Labute approximate surface area is 190 Å². The van der Waals surface area contributed by atoms with Crippen LogP contribution in [0.25, 0.3) is 0 Å². The highest BCUT2D eigenvalue weighted by atomic mass is 32.1. The monoisotopic (exact) mass is 453 g/mol. The molecule has 32 heavy (non-hydrogen) atoms. The number of aryl methyl sites for hydroxylation is 1. The molecule has 2 fully saturated rings. The summed E-state index contributed by atoms with van der Waals surface area (Å²) in [6.45, 7) is 5.08. The van der Waals surface area contributed by atoms with Crippen LogP contribution in [0.2, 0.25) is 0 Å². The van der Waals surface area contributed by atoms with Crippen molar-refractivity contribution >= 4 is 40.6 Å². The number of carbonyl (C=O) groups is 3. The van der Waals surface area contributed by atoms with Crippen LogP contribution in [0, 0.1) is 19.3 Å². The number of thiophene rings is 1. The second-order valence-corrected chi connectivity index (χ2v) is 9.11. The van der Waals surface area contributed by atoms with Crippen molar-refractivity contribution in [1.29, 1.82) is 0 Å². The summed E-state index contributed by atoms with van der Waals surface area (Å²) in [5.41, 5.74) is 1.62. The molecule has 2 aromatic rings. The summed E-state index contributed by atoms with van der Waals surface area (Å²) in [4.78, 5) is 41.3. The molecule has 3 heterocycles. The van der Waals surface area contributed by atoms with Gasteiger partial charge in [0.25, 0.3) is 5.91 Å². The first-order chi connectivity index (χ1) is 15.3. The molecule has 1 atom stereocenters. The molecule has 8 nitrogen and oxygen atoms in total. The second kappa shape index (κ2) is 8.65. The summed E-state index contributed by atoms with van der Waals surface area (Å²) in [7, 11) is 0. The lowest BCUT2D eigenvalue weighted by Crippen LogP contribution is -2.49. The van der Waals surface area contributed by atoms with Crippen LogP contribution in [-0.2, 0) is 14.3 Å². The predicted octanol–water partition coefficient (Wildman–Crippen LogP) is 2.69. The third kappa shape index (κ3) is 4.47. The molecule has 2 aliphatic heterocycles. The largest absolute Gasteiger partial charge is 0.413 e. The molecule has 4 rings (SSSR count). The van der Waals surface area contributed by atoms with Crippen LogP contribution in [-0.4, -0.2) is 49.7 Å². The number of rotatable bonds is 4. The molecule has 1 aromatic heterocycles. The average Bonchev–Trinajstić information content (AvgIpc) is 3.31. The molecule has 9 heteroatoms. The number of amides is 3. The number of hydrogen-bond acceptors (Lipinski definition) is 6. The Kier molecular flexibility index (Phi) is 5.91. The quantitative estimate of drug-likeness (QED) is 0.720. The maximum atomic E-state index is 12.8. The fourth-order valence-electron chi connectivity index (χ4n) is 3.94. The summed E-state index contributed by atoms with van der Waals surface area (Å²) in [6.07, 6.45) is 4.85. The van der Waals surface area contributed by atoms with E-state index in [2.05, 4.69) is 11.2 Å². The van der Waals surface area contributed by atoms with Crippen molar-refractivity contribution in [3.05, 3.63) is 40.8 Å². The number of morpholine rings is 1. The molecule has 1 N–H and O–H groups in total. The molecule has 0 bridgehead atoms. The van der Waals surface area contributed by atoms with E-state index in [1.165, 1.54) is 11.3 Å². The third-order valence-electron chi connectivity index (χ3n) is 5.44. The van der Waals surface area contributed by atoms with Crippen molar-refractivity contribution < 1.29 is 23.9 Å². The number of hydrogen-bond donors (Lipinski definition) is 1. The number of terminal acetylenes is 1. The number of nitrogens with zero attached hydrogens (tertiary/aromatic N) is 2. The van der Waals surface area contributed by atoms with Gasteiger partial charge in [0.05, 0.1) is 23.4 Å². The zero-order valence-corrected chi connectivity index (χ0v) is 18.7. The highest BCUT2D eigenvalue weighted by Crippen LogP contribution is 2.32. The number of nitrogens with one attached hydrogen (secondary N) is 1. The van der Waals surface area contributed by atoms with Gasteiger partial charge in [0.15, 0.2) is 5.06 Å². The molecule has 2 aliphatic rings. The molecule has 0 radical (unpaired) electrons. The number of anilines is 2. The Morgan fingerprint density at radius 3 is 2.75 bits per heavy atom. The van der Waals surface area contributed by atoms with E-state index in [0.717, 1.165) is 11.3 Å². The van der Waals surface area contributed by atoms with E-state index in [4.69, 9.17) is 15.9 Å². The lowest BCUT2D eigenvalue weighted by molar-refractivity contribution is -0.125. The van der Waals surface area contributed by atoms with E-state index in [0.29, 0.717) is 35.3 Å². The van der Waals surface area contributed by atoms with Crippen molar-refractivity contribution in [3.63, 3.8) is 0 Å². The standard InChI is InChI=1S/C23H23N3O5S/c1-4-17-6-8-21(32-17)31-22(29)24-23(3)12-19(27)26(14-23)16-5-7-18(15(2)11-16)25-9-10-30-13-20(25)28/h1,5-8,11H,9-10,12-14H2,2-3H3,(H,24,29). The van der Waals surface area contributed by atoms with Gasteiger partial charge in [0.1, 0.15) is 6.61 Å². The zero-order valence-electron chi connectivity index (χ0n) is 17.8. The van der Waals surface area contributed by atoms with E-state index in [-0.39, 0.29) is 24.8 Å². The van der Waals surface area contributed by atoms with E-state index in [1.54, 1.807) is 28.9 Å². The van der Waals surface area contributed by atoms with Crippen LogP contribution >= 0.6 is 11.3 Å². The summed E-state index contributed by atoms with van der Waals surface area (Å²) in [6, 6.07) is 8.88. The molecule has 0 aliphatic carbocycles. The van der Waals surface area contributed by atoms with E-state index >= 15 is 0 Å². The minimum atomic E-state index is -0.785. The van der Waals surface area contributed by atoms with Crippen LogP contribution in [0.1, 0.15) is 23.8 Å². The molecule has 1 unspecified atom stereocenters. The molecule has 2 saturated heterocycles. The number of benzene rings is 1. The topological polar surface area (TPSA) is 88.2 Å². The Bertz CT molecular complexity index is 1120. The SMILES string of the molecule is C#Cc1ccc(OC(=O)NC2(C)CC(=O)N(c3ccc(N4CCOCC4=O)c(C)c3)C2)s1. The minimum absolute atomic E-state index is 0.0709. The first-order valence-electron chi connectivity index (χ1n) is 10.1. The van der Waals surface area contributed by atoms with Gasteiger partial charge in [-0.3, -0.25) is 9.59 Å². The molecular weight excluding hydrogens is 430 g/mol. The van der Waals surface area contributed by atoms with Gasteiger partial charge in [-0.25, -0.2) is 4.79 Å². The molecule has 166 valence electrons. The van der Waals surface area contributed by atoms with Gasteiger partial charge in [0.2, 0.25) is 5.91 Å². The minimum Gasteiger partial charge on any atom is -0.399 e. The van der Waals surface area contributed by atoms with Crippen LogP contribution in [0.4, 0.5) is 16.2 Å². The van der Waals surface area contributed by atoms with Crippen LogP contribution in [0.5, 0.6) is 5.06 Å². The maximum absolute atomic E-state index is 12.8. The lowest BCUT2D eigenvalue weighted by atomic mass is 10.0. The highest BCUT2D eigenvalue weighted by molar-refractivity contribution is 7.14. The van der Waals surface area contributed by atoms with Gasteiger partial charge in [-0.15, -0.1) is 6.42 Å². The first-order valence-corrected chi connectivity index (χ1v) is 11.0. The molecule has 1 aromatic carbocycles. The van der Waals surface area contributed by atoms with Crippen molar-refractivity contribution in [2.45, 2.75) is 25.8 Å². The first kappa shape index (κ1) is 21.9. The van der Waals surface area contributed by atoms with E-state index in [9.17, 15) is 14.4 Å². The Morgan fingerprint density at radius 1 is 1.25 bits per heavy atom. The second-order valence-electron chi connectivity index (χ2n) is 8.06. The van der Waals surface area contributed by atoms with Gasteiger partial charge < -0.3 is 24.6 Å². The van der Waals surface area contributed by atoms with E-state index in [1.807, 2.05) is 25.1 Å². The van der Waals surface area contributed by atoms with Gasteiger partial charge >= 0.3 is 6.09 Å². The molecular formula is C23H23N3O5S. The smallest absolute Gasteiger partial charge is 0.399 e. The predicted molar refractivity (Wildman–Crippen MR) is 121 cm³/mol. The summed E-state index contributed by atoms with van der Waals surface area (Å²) in [5, 5.41) is 3.20. The zero-order chi connectivity index (χ0) is 22.9. The van der Waals surface area contributed by atoms with Gasteiger partial charge in [-0.1, -0.05) is 17.3 Å². The Morgan fingerprint density at radius 2 is 2.06 bits per heavy atom. The third-order valence-corrected chi connectivity index (χ3v) is 6.33. The van der Waals surface area contributed by atoms with Crippen molar-refractivity contribution in [2.24, 2.45) is 0 Å². The number of carbonyl (C=O) groups excluding carboxylic acids is 3. The Hall–Kier alpha value is -3.35. The fraction of sp³-hybridized carbons (Fsp3) is 0.348. The van der Waals surface area contributed by atoms with Gasteiger partial charge in [-0.05, 0) is 49.7 Å². The van der Waals surface area contributed by atoms with Crippen molar-refractivity contribution in [2.75, 3.05) is 36.1 Å². The van der Waals surface area contributed by atoms with Crippen LogP contribution in [0.15, 0.2) is 30.3 Å². The number of ether oxygens (including phenoxy) is 2. The molecule has 0 spiro atoms. The molecule has 0 saturated carbocycles. The molecule has 3 amide bonds. The summed E-state index contributed by atoms with van der Waals surface area (Å²) in [5.74, 6) is 2.30. The van der Waals surface area contributed by atoms with Crippen LogP contribution < -0.4 is 19.9 Å². The highest BCUT2D eigenvalue weighted by Gasteiger charge is 2.42. The average molecular weight is 454 g/mol. The van der Waals surface area contributed by atoms with E-state index < -0.39 is 11.6 Å². The van der Waals surface area contributed by atoms with Gasteiger partial charge in [0, 0.05) is 24.5 Å². The van der Waals surface area contributed by atoms with Crippen molar-refractivity contribution in [1.82, 2.24) is 5.32 Å². The maximum Gasteiger partial charge on any atom is 0.413 e. The van der Waals surface area contributed by atoms with Crippen LogP contribution in [0.3, 0.4) is 0 Å². The Balaban J connectivity index is 1.44. The summed E-state index contributed by atoms with van der Waals surface area (Å²) >= 11 is 1.20. The normalized spacial score (nSPS) is 20.9. The fourth-order valence-corrected chi connectivity index (χ4v) is 4.61. The lowest BCUT2D eigenvalue weighted by Gasteiger charge is -2.29. The van der Waals surface area contributed by atoms with Gasteiger partial charge in [-0.2, -0.15) is 0 Å². The summed E-state index contributed by atoms with van der Waals surface area (Å²) < 4.78 is 10.5.